The van der Waals surface area contributed by atoms with Gasteiger partial charge < -0.3 is 9.64 Å². The van der Waals surface area contributed by atoms with Crippen LogP contribution >= 0.6 is 0 Å². The molecule has 1 atom stereocenters. The molecule has 0 spiro atoms. The number of likely N-dealkylation sites (tertiary alicyclic amines) is 1. The van der Waals surface area contributed by atoms with Gasteiger partial charge in [-0.1, -0.05) is 18.6 Å². The van der Waals surface area contributed by atoms with Crippen molar-refractivity contribution in [2.75, 3.05) is 13.1 Å². The fourth-order valence-electron chi connectivity index (χ4n) is 3.40. The van der Waals surface area contributed by atoms with Gasteiger partial charge in [0.2, 0.25) is 0 Å². The highest BCUT2D eigenvalue weighted by Gasteiger charge is 2.27. The topological polar surface area (TPSA) is 59.5 Å². The van der Waals surface area contributed by atoms with Gasteiger partial charge in [0, 0.05) is 24.2 Å². The van der Waals surface area contributed by atoms with Crippen LogP contribution in [0.25, 0.3) is 10.9 Å². The van der Waals surface area contributed by atoms with Crippen molar-refractivity contribution in [3.8, 4) is 0 Å². The van der Waals surface area contributed by atoms with Crippen LogP contribution in [0.15, 0.2) is 24.3 Å². The van der Waals surface area contributed by atoms with Gasteiger partial charge in [0.1, 0.15) is 0 Å². The summed E-state index contributed by atoms with van der Waals surface area (Å²) in [5.74, 6) is 0.0557. The number of carbonyl (C=O) groups is 2. The number of carbonyl (C=O) groups excluding carboxylic acids is 2. The van der Waals surface area contributed by atoms with Crippen LogP contribution < -0.4 is 0 Å². The minimum Gasteiger partial charge on any atom is -0.449 e. The van der Waals surface area contributed by atoms with E-state index in [1.54, 1.807) is 17.9 Å². The lowest BCUT2D eigenvalue weighted by Crippen LogP contribution is -2.44. The van der Waals surface area contributed by atoms with Crippen molar-refractivity contribution in [1.82, 2.24) is 9.88 Å². The summed E-state index contributed by atoms with van der Waals surface area (Å²) >= 11 is 0. The number of pyridine rings is 1. The van der Waals surface area contributed by atoms with Crippen LogP contribution in [0.2, 0.25) is 0 Å². The zero-order valence-electron chi connectivity index (χ0n) is 15.9. The van der Waals surface area contributed by atoms with Gasteiger partial charge in [-0.3, -0.25) is 9.78 Å². The molecule has 2 heterocycles. The van der Waals surface area contributed by atoms with Crippen molar-refractivity contribution in [3.63, 3.8) is 0 Å². The Labute approximate surface area is 154 Å². The minimum absolute atomic E-state index is 0.114. The smallest absolute Gasteiger partial charge is 0.339 e. The summed E-state index contributed by atoms with van der Waals surface area (Å²) in [6.07, 6.45) is 1.21. The van der Waals surface area contributed by atoms with E-state index in [1.165, 1.54) is 0 Å². The van der Waals surface area contributed by atoms with E-state index in [4.69, 9.17) is 4.74 Å². The maximum atomic E-state index is 12.8. The second kappa shape index (κ2) is 7.44. The summed E-state index contributed by atoms with van der Waals surface area (Å²) in [4.78, 5) is 31.6. The van der Waals surface area contributed by atoms with E-state index in [-0.39, 0.29) is 5.91 Å². The molecule has 138 valence electrons. The minimum atomic E-state index is -0.788. The molecule has 2 aromatic rings. The molecule has 0 bridgehead atoms. The van der Waals surface area contributed by atoms with Gasteiger partial charge in [-0.05, 0) is 57.7 Å². The lowest BCUT2D eigenvalue weighted by molar-refractivity contribution is -0.141. The quantitative estimate of drug-likeness (QED) is 0.790. The number of fused-ring (bicyclic) bond motifs is 1. The van der Waals surface area contributed by atoms with E-state index in [0.29, 0.717) is 11.5 Å². The van der Waals surface area contributed by atoms with Crippen LogP contribution in [0.4, 0.5) is 0 Å². The molecule has 1 aliphatic rings. The molecule has 0 aliphatic carbocycles. The van der Waals surface area contributed by atoms with E-state index < -0.39 is 12.1 Å². The number of rotatable bonds is 3. The van der Waals surface area contributed by atoms with Crippen LogP contribution in [0.5, 0.6) is 0 Å². The highest BCUT2D eigenvalue weighted by atomic mass is 16.5. The first-order valence-corrected chi connectivity index (χ1v) is 9.23. The van der Waals surface area contributed by atoms with Crippen molar-refractivity contribution in [3.05, 3.63) is 41.1 Å². The lowest BCUT2D eigenvalue weighted by Gasteiger charge is -2.31. The van der Waals surface area contributed by atoms with Crippen LogP contribution in [0, 0.1) is 19.8 Å². The molecule has 1 amide bonds. The van der Waals surface area contributed by atoms with Crippen molar-refractivity contribution in [1.29, 1.82) is 0 Å². The van der Waals surface area contributed by atoms with E-state index in [2.05, 4.69) is 11.9 Å². The summed E-state index contributed by atoms with van der Waals surface area (Å²) in [7, 11) is 0. The Balaban J connectivity index is 1.78. The molecule has 0 saturated carbocycles. The number of hydrogen-bond donors (Lipinski definition) is 0. The predicted octanol–water partition coefficient (Wildman–Crippen LogP) is 3.66. The Morgan fingerprint density at radius 3 is 2.58 bits per heavy atom. The van der Waals surface area contributed by atoms with Gasteiger partial charge in [-0.15, -0.1) is 0 Å². The van der Waals surface area contributed by atoms with Crippen molar-refractivity contribution < 1.29 is 14.3 Å². The third-order valence-corrected chi connectivity index (χ3v) is 5.04. The van der Waals surface area contributed by atoms with Crippen LogP contribution in [0.3, 0.4) is 0 Å². The maximum absolute atomic E-state index is 12.8. The number of ether oxygens (including phenoxy) is 1. The van der Waals surface area contributed by atoms with Crippen LogP contribution in [0.1, 0.15) is 48.3 Å². The highest BCUT2D eigenvalue weighted by Crippen LogP contribution is 2.22. The van der Waals surface area contributed by atoms with Gasteiger partial charge in [-0.2, -0.15) is 0 Å². The maximum Gasteiger partial charge on any atom is 0.339 e. The fourth-order valence-corrected chi connectivity index (χ4v) is 3.40. The number of hydrogen-bond acceptors (Lipinski definition) is 4. The molecular weight excluding hydrogens is 328 g/mol. The first-order valence-electron chi connectivity index (χ1n) is 9.23. The van der Waals surface area contributed by atoms with Crippen LogP contribution in [-0.4, -0.2) is 41.0 Å². The SMILES string of the molecule is Cc1ccc2nc(C)cc(C(=O)OC(C)C(=O)N3CCC(C)CC3)c2c1. The molecule has 1 saturated heterocycles. The number of nitrogens with zero attached hydrogens (tertiary/aromatic N) is 2. The number of piperidine rings is 1. The standard InChI is InChI=1S/C21H26N2O3/c1-13-7-9-23(10-8-13)20(24)16(4)26-21(25)18-12-15(3)22-19-6-5-14(2)11-17(18)19/h5-6,11-13,16H,7-10H2,1-4H3. The number of esters is 1. The fraction of sp³-hybridized carbons (Fsp3) is 0.476. The van der Waals surface area contributed by atoms with E-state index in [9.17, 15) is 9.59 Å². The predicted molar refractivity (Wildman–Crippen MR) is 101 cm³/mol. The molecular formula is C21H26N2O3. The largest absolute Gasteiger partial charge is 0.449 e. The highest BCUT2D eigenvalue weighted by molar-refractivity contribution is 6.04. The van der Waals surface area contributed by atoms with Gasteiger partial charge in [0.15, 0.2) is 6.10 Å². The molecule has 0 N–H and O–H groups in total. The molecule has 1 aromatic heterocycles. The molecule has 0 radical (unpaired) electrons. The number of aryl methyl sites for hydroxylation is 2. The van der Waals surface area contributed by atoms with E-state index in [0.717, 1.165) is 48.1 Å². The second-order valence-electron chi connectivity index (χ2n) is 7.39. The second-order valence-corrected chi connectivity index (χ2v) is 7.39. The third-order valence-electron chi connectivity index (χ3n) is 5.04. The average Bonchev–Trinajstić information content (AvgIpc) is 2.61. The first kappa shape index (κ1) is 18.4. The Morgan fingerprint density at radius 2 is 1.88 bits per heavy atom. The van der Waals surface area contributed by atoms with Gasteiger partial charge >= 0.3 is 5.97 Å². The van der Waals surface area contributed by atoms with E-state index in [1.807, 2.05) is 32.0 Å². The van der Waals surface area contributed by atoms with Crippen LogP contribution in [-0.2, 0) is 9.53 Å². The molecule has 26 heavy (non-hydrogen) atoms. The van der Waals surface area contributed by atoms with Gasteiger partial charge in [0.25, 0.3) is 5.91 Å². The Bertz CT molecular complexity index is 839. The zero-order chi connectivity index (χ0) is 18.8. The summed E-state index contributed by atoms with van der Waals surface area (Å²) in [6, 6.07) is 7.52. The van der Waals surface area contributed by atoms with Gasteiger partial charge in [-0.25, -0.2) is 4.79 Å². The molecule has 5 heteroatoms. The summed E-state index contributed by atoms with van der Waals surface area (Å²) < 4.78 is 5.52. The number of aromatic nitrogens is 1. The normalized spacial score (nSPS) is 16.5. The van der Waals surface area contributed by atoms with Crippen molar-refractivity contribution in [2.24, 2.45) is 5.92 Å². The van der Waals surface area contributed by atoms with Crippen molar-refractivity contribution >= 4 is 22.8 Å². The molecule has 1 aromatic carbocycles. The Kier molecular flexibility index (Phi) is 5.25. The summed E-state index contributed by atoms with van der Waals surface area (Å²) in [5, 5.41) is 0.757. The van der Waals surface area contributed by atoms with Gasteiger partial charge in [0.05, 0.1) is 11.1 Å². The number of benzene rings is 1. The molecule has 1 fully saturated rings. The van der Waals surface area contributed by atoms with Crippen molar-refractivity contribution in [2.45, 2.75) is 46.6 Å². The third kappa shape index (κ3) is 3.87. The lowest BCUT2D eigenvalue weighted by atomic mass is 9.99. The average molecular weight is 354 g/mol. The monoisotopic (exact) mass is 354 g/mol. The molecule has 3 rings (SSSR count). The Morgan fingerprint density at radius 1 is 1.19 bits per heavy atom. The first-order chi connectivity index (χ1) is 12.3. The molecule has 1 aliphatic heterocycles. The van der Waals surface area contributed by atoms with E-state index >= 15 is 0 Å². The Hall–Kier alpha value is -2.43. The summed E-state index contributed by atoms with van der Waals surface area (Å²) in [6.45, 7) is 9.14. The molecule has 1 unspecified atom stereocenters. The molecule has 5 nitrogen and oxygen atoms in total. The summed E-state index contributed by atoms with van der Waals surface area (Å²) in [5.41, 5.74) is 3.01. The zero-order valence-corrected chi connectivity index (χ0v) is 15.9. The number of amides is 1.